The highest BCUT2D eigenvalue weighted by Crippen LogP contribution is 2.07. The second-order valence-corrected chi connectivity index (χ2v) is 6.24. The zero-order valence-corrected chi connectivity index (χ0v) is 14.4. The lowest BCUT2D eigenvalue weighted by Crippen LogP contribution is -2.42. The van der Waals surface area contributed by atoms with Crippen LogP contribution in [0, 0.1) is 5.92 Å². The number of hydrogen-bond donors (Lipinski definition) is 3. The van der Waals surface area contributed by atoms with Crippen molar-refractivity contribution in [2.24, 2.45) is 5.92 Å². The van der Waals surface area contributed by atoms with Crippen LogP contribution in [0.3, 0.4) is 0 Å². The standard InChI is InChI=1S/C15H21N3O5S/c1-10(2)8-17-15(22)18-12(19)9-23-13(20)5-6-16-14(21)11-4-3-7-24-11/h3-4,7,10H,5-6,8-9H2,1-2H3,(H,16,21)(H2,17,18,19,22). The zero-order chi connectivity index (χ0) is 17.9. The summed E-state index contributed by atoms with van der Waals surface area (Å²) in [6.07, 6.45) is -0.0655. The normalized spacial score (nSPS) is 10.1. The van der Waals surface area contributed by atoms with Crippen LogP contribution >= 0.6 is 11.3 Å². The van der Waals surface area contributed by atoms with E-state index in [-0.39, 0.29) is 24.8 Å². The molecule has 24 heavy (non-hydrogen) atoms. The first-order valence-corrected chi connectivity index (χ1v) is 8.31. The summed E-state index contributed by atoms with van der Waals surface area (Å²) >= 11 is 1.30. The summed E-state index contributed by atoms with van der Waals surface area (Å²) in [5.74, 6) is -1.36. The Labute approximate surface area is 143 Å². The molecule has 0 aliphatic rings. The third kappa shape index (κ3) is 8.28. The SMILES string of the molecule is CC(C)CNC(=O)NC(=O)COC(=O)CCNC(=O)c1cccs1. The highest BCUT2D eigenvalue weighted by atomic mass is 32.1. The van der Waals surface area contributed by atoms with Gasteiger partial charge in [0, 0.05) is 13.1 Å². The number of nitrogens with one attached hydrogen (secondary N) is 3. The van der Waals surface area contributed by atoms with Gasteiger partial charge in [-0.15, -0.1) is 11.3 Å². The van der Waals surface area contributed by atoms with E-state index in [9.17, 15) is 19.2 Å². The first-order valence-electron chi connectivity index (χ1n) is 7.43. The lowest BCUT2D eigenvalue weighted by atomic mass is 10.2. The minimum atomic E-state index is -0.716. The van der Waals surface area contributed by atoms with Crippen LogP contribution in [-0.2, 0) is 14.3 Å². The lowest BCUT2D eigenvalue weighted by molar-refractivity contribution is -0.148. The van der Waals surface area contributed by atoms with Gasteiger partial charge in [0.2, 0.25) is 0 Å². The maximum Gasteiger partial charge on any atom is 0.321 e. The second-order valence-electron chi connectivity index (χ2n) is 5.30. The zero-order valence-electron chi connectivity index (χ0n) is 13.6. The molecule has 132 valence electrons. The monoisotopic (exact) mass is 355 g/mol. The Morgan fingerprint density at radius 1 is 1.21 bits per heavy atom. The molecule has 1 aromatic heterocycles. The molecule has 0 aliphatic heterocycles. The number of urea groups is 1. The number of hydrogen-bond acceptors (Lipinski definition) is 6. The largest absolute Gasteiger partial charge is 0.456 e. The number of ether oxygens (including phenoxy) is 1. The van der Waals surface area contributed by atoms with E-state index in [2.05, 4.69) is 10.6 Å². The molecule has 1 rings (SSSR count). The van der Waals surface area contributed by atoms with Crippen LogP contribution in [0.5, 0.6) is 0 Å². The molecule has 0 fully saturated rings. The van der Waals surface area contributed by atoms with Gasteiger partial charge in [-0.05, 0) is 17.4 Å². The van der Waals surface area contributed by atoms with Crippen LogP contribution in [0.1, 0.15) is 29.9 Å². The summed E-state index contributed by atoms with van der Waals surface area (Å²) in [7, 11) is 0. The van der Waals surface area contributed by atoms with Gasteiger partial charge in [-0.1, -0.05) is 19.9 Å². The summed E-state index contributed by atoms with van der Waals surface area (Å²) < 4.78 is 4.72. The maximum absolute atomic E-state index is 11.6. The fourth-order valence-corrected chi connectivity index (χ4v) is 2.13. The average molecular weight is 355 g/mol. The van der Waals surface area contributed by atoms with Gasteiger partial charge in [-0.2, -0.15) is 0 Å². The molecule has 1 aromatic rings. The molecule has 0 radical (unpaired) electrons. The van der Waals surface area contributed by atoms with Crippen LogP contribution in [0.15, 0.2) is 17.5 Å². The molecule has 0 unspecified atom stereocenters. The molecule has 8 nitrogen and oxygen atoms in total. The van der Waals surface area contributed by atoms with Crippen molar-refractivity contribution in [3.05, 3.63) is 22.4 Å². The van der Waals surface area contributed by atoms with E-state index in [1.165, 1.54) is 11.3 Å². The molecule has 9 heteroatoms. The smallest absolute Gasteiger partial charge is 0.321 e. The van der Waals surface area contributed by atoms with Crippen molar-refractivity contribution in [2.45, 2.75) is 20.3 Å². The number of carbonyl (C=O) groups is 4. The van der Waals surface area contributed by atoms with Crippen molar-refractivity contribution in [3.8, 4) is 0 Å². The number of esters is 1. The molecule has 0 saturated heterocycles. The number of imide groups is 1. The molecular weight excluding hydrogens is 334 g/mol. The van der Waals surface area contributed by atoms with Crippen LogP contribution in [0.2, 0.25) is 0 Å². The summed E-state index contributed by atoms with van der Waals surface area (Å²) in [6, 6.07) is 2.80. The van der Waals surface area contributed by atoms with Gasteiger partial charge in [0.25, 0.3) is 11.8 Å². The third-order valence-corrected chi connectivity index (χ3v) is 3.52. The Morgan fingerprint density at radius 3 is 2.58 bits per heavy atom. The Kier molecular flexibility index (Phi) is 8.48. The average Bonchev–Trinajstić information content (AvgIpc) is 3.05. The molecule has 0 aromatic carbocycles. The molecule has 4 amide bonds. The van der Waals surface area contributed by atoms with Gasteiger partial charge in [0.15, 0.2) is 6.61 Å². The van der Waals surface area contributed by atoms with Crippen molar-refractivity contribution in [1.29, 1.82) is 0 Å². The van der Waals surface area contributed by atoms with Gasteiger partial charge in [0.1, 0.15) is 0 Å². The Hall–Kier alpha value is -2.42. The number of thiophene rings is 1. The summed E-state index contributed by atoms with van der Waals surface area (Å²) in [4.78, 5) is 46.4. The molecule has 0 bridgehead atoms. The van der Waals surface area contributed by atoms with Gasteiger partial charge < -0.3 is 15.4 Å². The Morgan fingerprint density at radius 2 is 1.96 bits per heavy atom. The molecule has 0 saturated carbocycles. The minimum absolute atomic E-state index is 0.0655. The van der Waals surface area contributed by atoms with E-state index >= 15 is 0 Å². The van der Waals surface area contributed by atoms with E-state index in [0.717, 1.165) is 0 Å². The molecular formula is C15H21N3O5S. The predicted molar refractivity (Wildman–Crippen MR) is 88.6 cm³/mol. The van der Waals surface area contributed by atoms with E-state index < -0.39 is 24.5 Å². The molecule has 0 aliphatic carbocycles. The fourth-order valence-electron chi connectivity index (χ4n) is 1.49. The van der Waals surface area contributed by atoms with Gasteiger partial charge in [0.05, 0.1) is 11.3 Å². The Bertz CT molecular complexity index is 572. The first-order chi connectivity index (χ1) is 11.4. The van der Waals surface area contributed by atoms with Crippen molar-refractivity contribution in [2.75, 3.05) is 19.7 Å². The van der Waals surface area contributed by atoms with E-state index in [0.29, 0.717) is 11.4 Å². The highest BCUT2D eigenvalue weighted by molar-refractivity contribution is 7.12. The van der Waals surface area contributed by atoms with E-state index in [1.54, 1.807) is 17.5 Å². The topological polar surface area (TPSA) is 114 Å². The van der Waals surface area contributed by atoms with Gasteiger partial charge in [-0.3, -0.25) is 19.7 Å². The molecule has 3 N–H and O–H groups in total. The number of rotatable bonds is 8. The van der Waals surface area contributed by atoms with Crippen molar-refractivity contribution < 1.29 is 23.9 Å². The van der Waals surface area contributed by atoms with E-state index in [4.69, 9.17) is 4.74 Å². The fraction of sp³-hybridized carbons (Fsp3) is 0.467. The summed E-state index contributed by atoms with van der Waals surface area (Å²) in [5, 5.41) is 8.90. The van der Waals surface area contributed by atoms with Crippen LogP contribution in [0.25, 0.3) is 0 Å². The number of amides is 4. The third-order valence-electron chi connectivity index (χ3n) is 2.65. The lowest BCUT2D eigenvalue weighted by Gasteiger charge is -2.09. The van der Waals surface area contributed by atoms with Gasteiger partial charge in [-0.25, -0.2) is 4.79 Å². The van der Waals surface area contributed by atoms with Crippen LogP contribution in [-0.4, -0.2) is 43.5 Å². The molecule has 0 spiro atoms. The number of carbonyl (C=O) groups excluding carboxylic acids is 4. The van der Waals surface area contributed by atoms with Crippen molar-refractivity contribution in [1.82, 2.24) is 16.0 Å². The van der Waals surface area contributed by atoms with Gasteiger partial charge >= 0.3 is 12.0 Å². The van der Waals surface area contributed by atoms with Crippen LogP contribution in [0.4, 0.5) is 4.79 Å². The Balaban J connectivity index is 2.13. The maximum atomic E-state index is 11.6. The molecule has 0 atom stereocenters. The molecule has 1 heterocycles. The second kappa shape index (κ2) is 10.4. The quantitative estimate of drug-likeness (QED) is 0.599. The highest BCUT2D eigenvalue weighted by Gasteiger charge is 2.12. The summed E-state index contributed by atoms with van der Waals surface area (Å²) in [6.45, 7) is 3.82. The van der Waals surface area contributed by atoms with Crippen LogP contribution < -0.4 is 16.0 Å². The van der Waals surface area contributed by atoms with Crippen molar-refractivity contribution in [3.63, 3.8) is 0 Å². The van der Waals surface area contributed by atoms with Crippen molar-refractivity contribution >= 4 is 35.2 Å². The first kappa shape index (κ1) is 19.6. The predicted octanol–water partition coefficient (Wildman–Crippen LogP) is 0.893. The van der Waals surface area contributed by atoms with E-state index in [1.807, 2.05) is 19.2 Å². The minimum Gasteiger partial charge on any atom is -0.456 e. The summed E-state index contributed by atoms with van der Waals surface area (Å²) in [5.41, 5.74) is 0.